The minimum Gasteiger partial charge on any atom is -1.00 e. The fourth-order valence-electron chi connectivity index (χ4n) is 7.85. The molecule has 560 valence electrons. The Morgan fingerprint density at radius 3 is 0.950 bits per heavy atom. The summed E-state index contributed by atoms with van der Waals surface area (Å²) in [6.45, 7) is 33.2. The lowest BCUT2D eigenvalue weighted by Gasteiger charge is -2.23. The molecule has 0 bridgehead atoms. The molecule has 0 spiro atoms. The van der Waals surface area contributed by atoms with Gasteiger partial charge in [0.15, 0.2) is 11.9 Å². The summed E-state index contributed by atoms with van der Waals surface area (Å²) >= 11 is 15.8. The number of amides is 3. The summed E-state index contributed by atoms with van der Waals surface area (Å²) in [5, 5.41) is 7.81. The highest BCUT2D eigenvalue weighted by Crippen LogP contribution is 2.11. The molecule has 0 aliphatic rings. The minimum absolute atomic E-state index is 0. The van der Waals surface area contributed by atoms with Gasteiger partial charge in [0.1, 0.15) is 23.0 Å². The first-order chi connectivity index (χ1) is 48.0. The lowest BCUT2D eigenvalue weighted by atomic mass is 10.2. The van der Waals surface area contributed by atoms with Crippen LogP contribution in [0.1, 0.15) is 116 Å². The number of alkyl halides is 2. The van der Waals surface area contributed by atoms with E-state index in [1.165, 1.54) is 19.6 Å². The number of hydrogen-bond donors (Lipinski definition) is 7. The highest BCUT2D eigenvalue weighted by molar-refractivity contribution is 6.63. The molecule has 0 unspecified atom stereocenters. The van der Waals surface area contributed by atoms with Crippen molar-refractivity contribution < 1.29 is 46.0 Å². The van der Waals surface area contributed by atoms with Crippen LogP contribution in [0, 0.1) is 0 Å². The first-order valence-corrected chi connectivity index (χ1v) is 35.0. The molecule has 0 fully saturated rings. The molecule has 0 radical (unpaired) electrons. The van der Waals surface area contributed by atoms with E-state index in [0.29, 0.717) is 97.4 Å². The zero-order valence-electron chi connectivity index (χ0n) is 61.0. The van der Waals surface area contributed by atoms with E-state index in [1.807, 2.05) is 188 Å². The Morgan fingerprint density at radius 2 is 0.743 bits per heavy atom. The van der Waals surface area contributed by atoms with Crippen molar-refractivity contribution in [1.82, 2.24) is 65.5 Å². The average molecular weight is 1480 g/mol. The van der Waals surface area contributed by atoms with Crippen molar-refractivity contribution in [2.75, 3.05) is 91.0 Å². The van der Waals surface area contributed by atoms with Gasteiger partial charge in [0, 0.05) is 160 Å². The van der Waals surface area contributed by atoms with Crippen molar-refractivity contribution in [2.24, 2.45) is 22.9 Å². The Hall–Kier alpha value is -7.43. The van der Waals surface area contributed by atoms with Crippen LogP contribution in [0.3, 0.4) is 0 Å². The van der Waals surface area contributed by atoms with Gasteiger partial charge in [0.05, 0.1) is 34.2 Å². The van der Waals surface area contributed by atoms with Crippen LogP contribution < -0.4 is 56.3 Å². The summed E-state index contributed by atoms with van der Waals surface area (Å²) in [6.07, 6.45) is 12.2. The third kappa shape index (κ3) is 57.8. The van der Waals surface area contributed by atoms with E-state index in [1.54, 1.807) is 31.7 Å². The third-order valence-corrected chi connectivity index (χ3v) is 13.4. The molecule has 7 aromatic rings. The molecule has 7 aromatic heterocycles. The van der Waals surface area contributed by atoms with Gasteiger partial charge in [-0.05, 0) is 146 Å². The first kappa shape index (κ1) is 95.6. The van der Waals surface area contributed by atoms with Gasteiger partial charge in [-0.3, -0.25) is 54.2 Å². The lowest BCUT2D eigenvalue weighted by molar-refractivity contribution is -0.388. The standard InChI is InChI=1S/C19H26N4O2.C16H19ClN4O.C14H18N4.C7H16N2O2.C6H6ClN.C6H15N.C3H5ClO.C2H8N2.ClH/c1-19(2,3)25-18(24)22-12-13-23(14-16-8-4-6-10-20-16)15-17-9-5-7-11-21-17;17-11-16(22)20-9-10-21(12-14-5-1-3-7-18-14)13-15-6-2-4-8-19-15;15-7-10-18(11-13-5-1-3-8-16-13)12-14-6-2-4-9-17-14;1-7(2,3)11-6(10)9-5-4-8;7-5-6-3-1-2-4-8-6;1-4-7(5-2)6-3;1-2-3(4)5;3-1-2-4;/h4-11H,12-15H2,1-3H3,(H,22,24);1-8H,9-13H2,(H,20,22);1-6,8-9H,7,10-12,15H2;4-5,8H2,1-3H3,(H,9,10);1-4H,5H2;4-6H2,1-3H3;2H2,1H3;1-4H2;1H. The number of nitrogens with one attached hydrogen (secondary N) is 4. The highest BCUT2D eigenvalue weighted by Gasteiger charge is 2.18. The molecule has 0 aromatic carbocycles. The number of rotatable bonds is 29. The van der Waals surface area contributed by atoms with Gasteiger partial charge < -0.3 is 65.7 Å². The van der Waals surface area contributed by atoms with Crippen LogP contribution in [-0.4, -0.2) is 175 Å². The minimum atomic E-state index is -0.494. The van der Waals surface area contributed by atoms with Crippen LogP contribution in [0.4, 0.5) is 9.59 Å². The average Bonchev–Trinajstić information content (AvgIpc) is 1.10. The fraction of sp³-hybridized carbons (Fsp3) is 0.466. The number of hydrogen-bond acceptors (Lipinski definition) is 20. The Kier molecular flexibility index (Phi) is 59.0. The molecule has 0 saturated heterocycles. The van der Waals surface area contributed by atoms with E-state index in [2.05, 4.69) is 91.2 Å². The second-order valence-electron chi connectivity index (χ2n) is 23.4. The van der Waals surface area contributed by atoms with Crippen LogP contribution in [0.5, 0.6) is 0 Å². The molecule has 12 N–H and O–H groups in total. The van der Waals surface area contributed by atoms with Gasteiger partial charge >= 0.3 is 12.2 Å². The molecule has 7 heterocycles. The van der Waals surface area contributed by atoms with Gasteiger partial charge in [0.25, 0.3) is 0 Å². The number of aromatic amines is 1. The molecule has 0 aliphatic carbocycles. The number of carbonyl (C=O) groups is 4. The number of nitrogens with zero attached hydrogens (tertiary/aromatic N) is 10. The molecule has 28 heteroatoms. The Morgan fingerprint density at radius 1 is 0.436 bits per heavy atom. The maximum absolute atomic E-state index is 11.8. The summed E-state index contributed by atoms with van der Waals surface area (Å²) in [4.78, 5) is 81.5. The summed E-state index contributed by atoms with van der Waals surface area (Å²) in [6, 6.07) is 41.2. The number of alkyl carbamates (subject to hydrolysis) is 2. The number of ether oxygens (including phenoxy) is 2. The van der Waals surface area contributed by atoms with Crippen LogP contribution in [0.25, 0.3) is 0 Å². The number of halogens is 4. The normalized spacial score (nSPS) is 10.3. The number of H-pyrrole nitrogens is 1. The van der Waals surface area contributed by atoms with Crippen molar-refractivity contribution >= 4 is 58.1 Å². The van der Waals surface area contributed by atoms with Crippen molar-refractivity contribution in [1.29, 1.82) is 0 Å². The van der Waals surface area contributed by atoms with Crippen LogP contribution >= 0.6 is 34.8 Å². The molecule has 3 amide bonds. The lowest BCUT2D eigenvalue weighted by Crippen LogP contribution is -3.00. The van der Waals surface area contributed by atoms with Gasteiger partial charge in [-0.25, -0.2) is 14.6 Å². The van der Waals surface area contributed by atoms with E-state index in [0.717, 1.165) is 59.5 Å². The fourth-order valence-corrected chi connectivity index (χ4v) is 8.11. The summed E-state index contributed by atoms with van der Waals surface area (Å²) in [5.74, 6) is 0.388. The quantitative estimate of drug-likeness (QED) is 0.0197. The van der Waals surface area contributed by atoms with Crippen molar-refractivity contribution in [3.05, 3.63) is 211 Å². The molecule has 0 aliphatic heterocycles. The van der Waals surface area contributed by atoms with E-state index < -0.39 is 23.4 Å². The summed E-state index contributed by atoms with van der Waals surface area (Å²) < 4.78 is 10.2. The Bertz CT molecular complexity index is 2920. The Labute approximate surface area is 622 Å². The zero-order valence-corrected chi connectivity index (χ0v) is 64.0. The molecular formula is C73H114Cl4N18O6. The van der Waals surface area contributed by atoms with Gasteiger partial charge in [-0.2, -0.15) is 0 Å². The van der Waals surface area contributed by atoms with Crippen LogP contribution in [0.15, 0.2) is 171 Å². The number of carbonyl (C=O) groups excluding carboxylic acids is 4. The molecule has 101 heavy (non-hydrogen) atoms. The van der Waals surface area contributed by atoms with E-state index in [4.69, 9.17) is 67.2 Å². The molecule has 0 saturated carbocycles. The molecular weight excluding hydrogens is 1370 g/mol. The van der Waals surface area contributed by atoms with Gasteiger partial charge in [0.2, 0.25) is 11.1 Å². The van der Waals surface area contributed by atoms with Crippen molar-refractivity contribution in [3.8, 4) is 0 Å². The predicted molar refractivity (Wildman–Crippen MR) is 403 cm³/mol. The SMILES string of the molecule is CC(C)(C)OC(=O)NCCN.CC(C)(C)OC(=O)NCCN(Cc1ccccn1)Cc1ccccn1.CCC(=O)Cl.CCN(CC)CC.ClCc1cccc[nH+]1.NCCN.NCCN(Cc1ccccn1)Cc1ccccn1.O=C(CCl)NCCN(Cc1ccccn1)Cc1ccccn1.[Cl-]. The summed E-state index contributed by atoms with van der Waals surface area (Å²) in [5.41, 5.74) is 26.8. The first-order valence-electron chi connectivity index (χ1n) is 33.6. The summed E-state index contributed by atoms with van der Waals surface area (Å²) in [7, 11) is 0. The van der Waals surface area contributed by atoms with Crippen molar-refractivity contribution in [3.63, 3.8) is 0 Å². The van der Waals surface area contributed by atoms with Gasteiger partial charge in [-0.15, -0.1) is 23.2 Å². The van der Waals surface area contributed by atoms with Crippen LogP contribution in [-0.2, 0) is 64.2 Å². The van der Waals surface area contributed by atoms with Gasteiger partial charge in [-0.1, -0.05) is 70.2 Å². The van der Waals surface area contributed by atoms with E-state index >= 15 is 0 Å². The van der Waals surface area contributed by atoms with E-state index in [9.17, 15) is 19.2 Å². The zero-order chi connectivity index (χ0) is 74.5. The number of aromatic nitrogens is 7. The molecule has 7 rings (SSSR count). The van der Waals surface area contributed by atoms with Crippen LogP contribution in [0.2, 0.25) is 0 Å². The second-order valence-corrected chi connectivity index (χ2v) is 24.4. The Balaban J connectivity index is 0. The number of nitrogens with two attached hydrogens (primary N) is 4. The topological polar surface area (TPSA) is 331 Å². The monoisotopic (exact) mass is 1480 g/mol. The number of pyridine rings is 7. The predicted octanol–water partition coefficient (Wildman–Crippen LogP) is 6.40. The smallest absolute Gasteiger partial charge is 0.407 e. The van der Waals surface area contributed by atoms with E-state index in [-0.39, 0.29) is 29.4 Å². The maximum atomic E-state index is 11.8. The maximum Gasteiger partial charge on any atom is 0.407 e. The second kappa shape index (κ2) is 62.4. The largest absolute Gasteiger partial charge is 1.00 e. The molecule has 24 nitrogen and oxygen atoms in total. The molecule has 0 atom stereocenters. The highest BCUT2D eigenvalue weighted by atomic mass is 35.5. The third-order valence-electron chi connectivity index (χ3n) is 12.6. The van der Waals surface area contributed by atoms with Crippen molar-refractivity contribution in [2.45, 2.75) is 132 Å².